The van der Waals surface area contributed by atoms with Crippen LogP contribution in [0.5, 0.6) is 5.75 Å². The van der Waals surface area contributed by atoms with Crippen molar-refractivity contribution in [1.29, 1.82) is 0 Å². The van der Waals surface area contributed by atoms with Gasteiger partial charge in [-0.3, -0.25) is 24.2 Å². The van der Waals surface area contributed by atoms with Crippen molar-refractivity contribution in [1.82, 2.24) is 9.80 Å². The molecular weight excluding hydrogens is 312 g/mol. The van der Waals surface area contributed by atoms with E-state index in [0.717, 1.165) is 9.80 Å². The second-order valence-electron chi connectivity index (χ2n) is 6.07. The van der Waals surface area contributed by atoms with Crippen LogP contribution in [0.2, 0.25) is 0 Å². The molecule has 0 aliphatic carbocycles. The lowest BCUT2D eigenvalue weighted by molar-refractivity contribution is -0.143. The Hall–Kier alpha value is -2.70. The molecule has 0 radical (unpaired) electrons. The number of imide groups is 2. The summed E-state index contributed by atoms with van der Waals surface area (Å²) < 4.78 is 5.22. The van der Waals surface area contributed by atoms with Crippen molar-refractivity contribution in [3.05, 3.63) is 29.3 Å². The van der Waals surface area contributed by atoms with Gasteiger partial charge < -0.3 is 4.74 Å². The molecule has 1 aromatic carbocycles. The zero-order valence-electron chi connectivity index (χ0n) is 14.2. The minimum Gasteiger partial charge on any atom is -0.496 e. The first kappa shape index (κ1) is 17.7. The molecule has 2 rings (SSSR count). The molecule has 1 heterocycles. The van der Waals surface area contributed by atoms with Crippen molar-refractivity contribution in [3.63, 3.8) is 0 Å². The van der Waals surface area contributed by atoms with E-state index in [0.29, 0.717) is 16.9 Å². The Balaban J connectivity index is 2.32. The zero-order chi connectivity index (χ0) is 18.0. The minimum atomic E-state index is -0.865. The van der Waals surface area contributed by atoms with Crippen LogP contribution in [0.3, 0.4) is 0 Å². The maximum absolute atomic E-state index is 12.4. The lowest BCUT2D eigenvalue weighted by atomic mass is 10.1. The number of carbonyl (C=O) groups is 4. The molecule has 0 bridgehead atoms. The van der Waals surface area contributed by atoms with Gasteiger partial charge in [-0.15, -0.1) is 0 Å². The molecule has 0 N–H and O–H groups in total. The zero-order valence-corrected chi connectivity index (χ0v) is 14.2. The standard InChI is InChI=1S/C17H20N2O5/c1-10(2)8-18-15(21)16(22)19(17(18)23)9-13-7-12(11(3)20)5-6-14(13)24-4/h5-7,10H,8-9H2,1-4H3. The van der Waals surface area contributed by atoms with Gasteiger partial charge in [-0.1, -0.05) is 13.8 Å². The molecule has 1 aromatic rings. The van der Waals surface area contributed by atoms with Gasteiger partial charge in [-0.2, -0.15) is 0 Å². The summed E-state index contributed by atoms with van der Waals surface area (Å²) >= 11 is 0. The normalized spacial score (nSPS) is 14.8. The lowest BCUT2D eigenvalue weighted by Gasteiger charge is -2.18. The Kier molecular flexibility index (Phi) is 5.02. The van der Waals surface area contributed by atoms with Gasteiger partial charge in [0, 0.05) is 17.7 Å². The molecule has 7 nitrogen and oxygen atoms in total. The number of methoxy groups -OCH3 is 1. The SMILES string of the molecule is COc1ccc(C(C)=O)cc1CN1C(=O)C(=O)N(CC(C)C)C1=O. The first-order chi connectivity index (χ1) is 11.3. The smallest absolute Gasteiger partial charge is 0.334 e. The first-order valence-electron chi connectivity index (χ1n) is 7.61. The van der Waals surface area contributed by atoms with Crippen LogP contribution in [0.25, 0.3) is 0 Å². The molecule has 1 saturated heterocycles. The predicted octanol–water partition coefficient (Wildman–Crippen LogP) is 1.84. The second kappa shape index (κ2) is 6.82. The summed E-state index contributed by atoms with van der Waals surface area (Å²) in [6.45, 7) is 5.19. The monoisotopic (exact) mass is 332 g/mol. The van der Waals surface area contributed by atoms with E-state index in [1.54, 1.807) is 18.2 Å². The number of urea groups is 1. The third kappa shape index (κ3) is 3.29. The number of ether oxygens (including phenoxy) is 1. The molecule has 0 saturated carbocycles. The van der Waals surface area contributed by atoms with Gasteiger partial charge >= 0.3 is 17.8 Å². The van der Waals surface area contributed by atoms with Gasteiger partial charge in [-0.25, -0.2) is 4.79 Å². The molecular formula is C17H20N2O5. The van der Waals surface area contributed by atoms with Crippen molar-refractivity contribution in [2.24, 2.45) is 5.92 Å². The van der Waals surface area contributed by atoms with Crippen molar-refractivity contribution < 1.29 is 23.9 Å². The average Bonchev–Trinajstić information content (AvgIpc) is 2.72. The summed E-state index contributed by atoms with van der Waals surface area (Å²) in [6, 6.07) is 4.13. The maximum atomic E-state index is 12.4. The van der Waals surface area contributed by atoms with Crippen LogP contribution in [0, 0.1) is 5.92 Å². The van der Waals surface area contributed by atoms with Crippen molar-refractivity contribution in [2.75, 3.05) is 13.7 Å². The summed E-state index contributed by atoms with van der Waals surface area (Å²) in [6.07, 6.45) is 0. The maximum Gasteiger partial charge on any atom is 0.334 e. The molecule has 1 fully saturated rings. The Bertz CT molecular complexity index is 711. The quantitative estimate of drug-likeness (QED) is 0.451. The van der Waals surface area contributed by atoms with Crippen LogP contribution in [0.15, 0.2) is 18.2 Å². The molecule has 7 heteroatoms. The number of hydrogen-bond donors (Lipinski definition) is 0. The fourth-order valence-electron chi connectivity index (χ4n) is 2.51. The van der Waals surface area contributed by atoms with Crippen LogP contribution in [0.4, 0.5) is 4.79 Å². The highest BCUT2D eigenvalue weighted by Gasteiger charge is 2.44. The van der Waals surface area contributed by atoms with E-state index in [1.165, 1.54) is 14.0 Å². The topological polar surface area (TPSA) is 84.0 Å². The molecule has 0 unspecified atom stereocenters. The van der Waals surface area contributed by atoms with E-state index >= 15 is 0 Å². The minimum absolute atomic E-state index is 0.0567. The largest absolute Gasteiger partial charge is 0.496 e. The van der Waals surface area contributed by atoms with E-state index in [1.807, 2.05) is 13.8 Å². The summed E-state index contributed by atoms with van der Waals surface area (Å²) in [4.78, 5) is 49.9. The second-order valence-corrected chi connectivity index (χ2v) is 6.07. The highest BCUT2D eigenvalue weighted by atomic mass is 16.5. The first-order valence-corrected chi connectivity index (χ1v) is 7.61. The Labute approximate surface area is 140 Å². The number of ketones is 1. The Morgan fingerprint density at radius 3 is 2.29 bits per heavy atom. The number of nitrogens with zero attached hydrogens (tertiary/aromatic N) is 2. The van der Waals surface area contributed by atoms with E-state index in [9.17, 15) is 19.2 Å². The van der Waals surface area contributed by atoms with Crippen molar-refractivity contribution in [2.45, 2.75) is 27.3 Å². The van der Waals surface area contributed by atoms with Crippen LogP contribution in [-0.4, -0.2) is 47.1 Å². The fourth-order valence-corrected chi connectivity index (χ4v) is 2.51. The summed E-state index contributed by atoms with van der Waals surface area (Å²) in [5.41, 5.74) is 0.932. The number of Topliss-reactive ketones (excluding diaryl/α,β-unsaturated/α-hetero) is 1. The van der Waals surface area contributed by atoms with Crippen molar-refractivity contribution >= 4 is 23.6 Å². The van der Waals surface area contributed by atoms with E-state index in [4.69, 9.17) is 4.74 Å². The van der Waals surface area contributed by atoms with Gasteiger partial charge in [0.1, 0.15) is 5.75 Å². The fraction of sp³-hybridized carbons (Fsp3) is 0.412. The lowest BCUT2D eigenvalue weighted by Crippen LogP contribution is -2.35. The molecule has 0 aromatic heterocycles. The molecule has 24 heavy (non-hydrogen) atoms. The van der Waals surface area contributed by atoms with Crippen LogP contribution in [-0.2, 0) is 16.1 Å². The van der Waals surface area contributed by atoms with Crippen LogP contribution < -0.4 is 4.74 Å². The molecule has 1 aliphatic rings. The number of rotatable bonds is 6. The summed E-state index contributed by atoms with van der Waals surface area (Å²) in [5, 5.41) is 0. The van der Waals surface area contributed by atoms with Gasteiger partial charge in [0.05, 0.1) is 13.7 Å². The average molecular weight is 332 g/mol. The number of benzene rings is 1. The molecule has 0 atom stereocenters. The van der Waals surface area contributed by atoms with Gasteiger partial charge in [0.2, 0.25) is 0 Å². The Morgan fingerprint density at radius 1 is 1.12 bits per heavy atom. The van der Waals surface area contributed by atoms with Crippen LogP contribution >= 0.6 is 0 Å². The third-order valence-corrected chi connectivity index (χ3v) is 3.70. The number of amides is 4. The van der Waals surface area contributed by atoms with Gasteiger partial charge in [0.15, 0.2) is 5.78 Å². The molecule has 128 valence electrons. The van der Waals surface area contributed by atoms with Crippen molar-refractivity contribution in [3.8, 4) is 5.75 Å². The summed E-state index contributed by atoms with van der Waals surface area (Å²) in [5.74, 6) is -1.33. The molecule has 1 aliphatic heterocycles. The summed E-state index contributed by atoms with van der Waals surface area (Å²) in [7, 11) is 1.45. The predicted molar refractivity (Wildman–Crippen MR) is 85.5 cm³/mol. The van der Waals surface area contributed by atoms with Crippen LogP contribution in [0.1, 0.15) is 36.7 Å². The van der Waals surface area contributed by atoms with Gasteiger partial charge in [-0.05, 0) is 31.0 Å². The number of hydrogen-bond acceptors (Lipinski definition) is 5. The molecule has 4 amide bonds. The van der Waals surface area contributed by atoms with Gasteiger partial charge in [0.25, 0.3) is 0 Å². The Morgan fingerprint density at radius 2 is 1.75 bits per heavy atom. The molecule has 0 spiro atoms. The number of carbonyl (C=O) groups excluding carboxylic acids is 4. The van der Waals surface area contributed by atoms with E-state index in [-0.39, 0.29) is 24.8 Å². The van der Waals surface area contributed by atoms with E-state index in [2.05, 4.69) is 0 Å². The highest BCUT2D eigenvalue weighted by molar-refractivity contribution is 6.44. The highest BCUT2D eigenvalue weighted by Crippen LogP contribution is 2.25. The van der Waals surface area contributed by atoms with E-state index < -0.39 is 17.8 Å². The third-order valence-electron chi connectivity index (χ3n) is 3.70.